The Balaban J connectivity index is 1.48. The van der Waals surface area contributed by atoms with Crippen LogP contribution < -0.4 is 9.47 Å². The van der Waals surface area contributed by atoms with Gasteiger partial charge in [0.05, 0.1) is 19.8 Å². The molecule has 1 amide bonds. The van der Waals surface area contributed by atoms with E-state index in [0.717, 1.165) is 45.7 Å². The first-order valence-corrected chi connectivity index (χ1v) is 14.5. The number of aromatic amines is 1. The van der Waals surface area contributed by atoms with Crippen LogP contribution in [0.3, 0.4) is 0 Å². The molecule has 1 aliphatic heterocycles. The first-order valence-electron chi connectivity index (χ1n) is 14.5. The van der Waals surface area contributed by atoms with Gasteiger partial charge in [0, 0.05) is 17.7 Å². The van der Waals surface area contributed by atoms with Crippen molar-refractivity contribution in [2.24, 2.45) is 0 Å². The number of nitrogens with zero attached hydrogens (tertiary/aromatic N) is 2. The second-order valence-electron chi connectivity index (χ2n) is 10.8. The van der Waals surface area contributed by atoms with Crippen molar-refractivity contribution >= 4 is 5.91 Å². The van der Waals surface area contributed by atoms with E-state index in [-0.39, 0.29) is 17.7 Å². The minimum Gasteiger partial charge on any atom is -0.507 e. The Labute approximate surface area is 242 Å². The van der Waals surface area contributed by atoms with Gasteiger partial charge in [-0.05, 0) is 79.3 Å². The number of nitrogens with one attached hydrogen (secondary N) is 1. The number of benzene rings is 3. The van der Waals surface area contributed by atoms with Crippen molar-refractivity contribution in [2.75, 3.05) is 20.3 Å². The van der Waals surface area contributed by atoms with Gasteiger partial charge in [0.1, 0.15) is 28.6 Å². The first kappa shape index (κ1) is 28.3. The van der Waals surface area contributed by atoms with Crippen LogP contribution in [-0.4, -0.2) is 46.4 Å². The largest absolute Gasteiger partial charge is 0.507 e. The van der Waals surface area contributed by atoms with Crippen LogP contribution in [0, 0.1) is 13.8 Å². The van der Waals surface area contributed by atoms with Gasteiger partial charge >= 0.3 is 0 Å². The lowest BCUT2D eigenvalue weighted by Crippen LogP contribution is -2.31. The zero-order valence-corrected chi connectivity index (χ0v) is 24.4. The molecule has 0 fully saturated rings. The predicted molar refractivity (Wildman–Crippen MR) is 161 cm³/mol. The summed E-state index contributed by atoms with van der Waals surface area (Å²) >= 11 is 0. The Morgan fingerprint density at radius 2 is 1.71 bits per heavy atom. The number of hydrogen-bond acceptors (Lipinski definition) is 5. The number of hydrogen-bond donors (Lipinski definition) is 2. The van der Waals surface area contributed by atoms with E-state index in [1.54, 1.807) is 13.2 Å². The molecule has 1 aliphatic rings. The van der Waals surface area contributed by atoms with Gasteiger partial charge in [-0.3, -0.25) is 9.89 Å². The van der Waals surface area contributed by atoms with Crippen molar-refractivity contribution in [3.63, 3.8) is 0 Å². The van der Waals surface area contributed by atoms with E-state index in [1.165, 1.54) is 19.3 Å². The highest BCUT2D eigenvalue weighted by molar-refractivity contribution is 6.00. The topological polar surface area (TPSA) is 87.7 Å². The van der Waals surface area contributed by atoms with Crippen molar-refractivity contribution in [1.82, 2.24) is 15.1 Å². The summed E-state index contributed by atoms with van der Waals surface area (Å²) in [6.07, 6.45) is 5.30. The highest BCUT2D eigenvalue weighted by atomic mass is 16.5. The molecule has 0 radical (unpaired) electrons. The van der Waals surface area contributed by atoms with Crippen molar-refractivity contribution < 1.29 is 19.4 Å². The van der Waals surface area contributed by atoms with Crippen LogP contribution in [-0.2, 0) is 6.42 Å². The number of amides is 1. The summed E-state index contributed by atoms with van der Waals surface area (Å²) in [4.78, 5) is 15.7. The molecule has 0 saturated carbocycles. The number of fused-ring (bicyclic) bond motifs is 1. The maximum absolute atomic E-state index is 13.8. The number of ether oxygens (including phenoxy) is 2. The van der Waals surface area contributed by atoms with E-state index in [4.69, 9.17) is 9.47 Å². The number of aromatic nitrogens is 2. The molecule has 1 atom stereocenters. The fraction of sp³-hybridized carbons (Fsp3) is 0.353. The van der Waals surface area contributed by atoms with Crippen molar-refractivity contribution in [2.45, 2.75) is 58.9 Å². The van der Waals surface area contributed by atoms with Gasteiger partial charge in [-0.15, -0.1) is 0 Å². The zero-order chi connectivity index (χ0) is 28.9. The number of methoxy groups -OCH3 is 1. The van der Waals surface area contributed by atoms with E-state index in [0.29, 0.717) is 36.5 Å². The zero-order valence-electron chi connectivity index (χ0n) is 24.4. The molecule has 2 heterocycles. The smallest absolute Gasteiger partial charge is 0.273 e. The Kier molecular flexibility index (Phi) is 8.62. The third-order valence-corrected chi connectivity index (χ3v) is 7.82. The Hall–Kier alpha value is -4.26. The van der Waals surface area contributed by atoms with E-state index in [1.807, 2.05) is 73.3 Å². The van der Waals surface area contributed by atoms with Gasteiger partial charge < -0.3 is 19.5 Å². The molecule has 0 aliphatic carbocycles. The molecule has 7 nitrogen and oxygen atoms in total. The Bertz CT molecular complexity index is 1470. The molecule has 1 aromatic heterocycles. The lowest BCUT2D eigenvalue weighted by Gasteiger charge is -2.27. The number of carbonyl (C=O) groups excluding carboxylic acids is 1. The van der Waals surface area contributed by atoms with E-state index in [9.17, 15) is 9.90 Å². The van der Waals surface area contributed by atoms with Crippen LogP contribution in [0.25, 0.3) is 11.3 Å². The minimum atomic E-state index is -0.358. The molecule has 5 rings (SSSR count). The molecular formula is C34H39N3O4. The van der Waals surface area contributed by atoms with E-state index >= 15 is 0 Å². The first-order chi connectivity index (χ1) is 19.9. The lowest BCUT2D eigenvalue weighted by atomic mass is 9.93. The van der Waals surface area contributed by atoms with Gasteiger partial charge in [0.25, 0.3) is 5.91 Å². The maximum Gasteiger partial charge on any atom is 0.273 e. The van der Waals surface area contributed by atoms with Gasteiger partial charge in [0.2, 0.25) is 0 Å². The summed E-state index contributed by atoms with van der Waals surface area (Å²) in [5.74, 6) is 1.68. The molecule has 0 bridgehead atoms. The van der Waals surface area contributed by atoms with Crippen LogP contribution in [0.2, 0.25) is 0 Å². The van der Waals surface area contributed by atoms with Crippen LogP contribution in [0.5, 0.6) is 17.2 Å². The third kappa shape index (κ3) is 5.94. The van der Waals surface area contributed by atoms with Crippen molar-refractivity contribution in [1.29, 1.82) is 0 Å². The molecular weight excluding hydrogens is 514 g/mol. The average molecular weight is 554 g/mol. The SMILES string of the molecule is CCCCCCOc1ccc(C2c3c(-c4c(C)cc(C)cc4O)n[nH]c3C(=O)N2CCc2ccc(OC)cc2)cc1. The molecule has 1 unspecified atom stereocenters. The molecule has 0 spiro atoms. The summed E-state index contributed by atoms with van der Waals surface area (Å²) < 4.78 is 11.3. The number of phenolic OH excluding ortho intramolecular Hbond substituents is 1. The normalized spacial score (nSPS) is 14.4. The minimum absolute atomic E-state index is 0.0993. The monoisotopic (exact) mass is 553 g/mol. The number of aromatic hydroxyl groups is 1. The number of carbonyl (C=O) groups is 1. The van der Waals surface area contributed by atoms with E-state index < -0.39 is 0 Å². The molecule has 2 N–H and O–H groups in total. The maximum atomic E-state index is 13.8. The lowest BCUT2D eigenvalue weighted by molar-refractivity contribution is 0.0746. The number of H-pyrrole nitrogens is 1. The number of phenols is 1. The second kappa shape index (κ2) is 12.5. The third-order valence-electron chi connectivity index (χ3n) is 7.82. The van der Waals surface area contributed by atoms with Gasteiger partial charge in [0.15, 0.2) is 0 Å². The highest BCUT2D eigenvalue weighted by Crippen LogP contribution is 2.45. The Morgan fingerprint density at radius 3 is 2.39 bits per heavy atom. The van der Waals surface area contributed by atoms with Crippen LogP contribution >= 0.6 is 0 Å². The number of unbranched alkanes of at least 4 members (excludes halogenated alkanes) is 3. The summed E-state index contributed by atoms with van der Waals surface area (Å²) in [5, 5.41) is 18.5. The Morgan fingerprint density at radius 1 is 0.976 bits per heavy atom. The number of rotatable bonds is 12. The molecule has 7 heteroatoms. The summed E-state index contributed by atoms with van der Waals surface area (Å²) in [6.45, 7) is 7.32. The predicted octanol–water partition coefficient (Wildman–Crippen LogP) is 7.15. The van der Waals surface area contributed by atoms with Crippen LogP contribution in [0.1, 0.15) is 77.0 Å². The van der Waals surface area contributed by atoms with Gasteiger partial charge in [-0.2, -0.15) is 5.10 Å². The second-order valence-corrected chi connectivity index (χ2v) is 10.8. The van der Waals surface area contributed by atoms with Crippen LogP contribution in [0.15, 0.2) is 60.7 Å². The molecule has 3 aromatic carbocycles. The van der Waals surface area contributed by atoms with Gasteiger partial charge in [-0.25, -0.2) is 0 Å². The molecule has 0 saturated heterocycles. The fourth-order valence-corrected chi connectivity index (χ4v) is 5.72. The molecule has 4 aromatic rings. The van der Waals surface area contributed by atoms with Crippen LogP contribution in [0.4, 0.5) is 0 Å². The van der Waals surface area contributed by atoms with Crippen molar-refractivity contribution in [3.8, 4) is 28.5 Å². The summed E-state index contributed by atoms with van der Waals surface area (Å²) in [5.41, 5.74) is 6.48. The van der Waals surface area contributed by atoms with Gasteiger partial charge in [-0.1, -0.05) is 56.5 Å². The molecule has 41 heavy (non-hydrogen) atoms. The fourth-order valence-electron chi connectivity index (χ4n) is 5.72. The van der Waals surface area contributed by atoms with Crippen molar-refractivity contribution in [3.05, 3.63) is 94.2 Å². The summed E-state index contributed by atoms with van der Waals surface area (Å²) in [7, 11) is 1.65. The van der Waals surface area contributed by atoms with E-state index in [2.05, 4.69) is 17.1 Å². The average Bonchev–Trinajstić information content (AvgIpc) is 3.50. The number of aryl methyl sites for hydroxylation is 2. The molecule has 214 valence electrons. The quantitative estimate of drug-likeness (QED) is 0.182. The summed E-state index contributed by atoms with van der Waals surface area (Å²) in [6, 6.07) is 19.4. The standard InChI is InChI=1S/C34H39N3O4/c1-5-6-7-8-19-41-27-15-11-25(12-16-27)33-30-31(29-23(3)20-22(2)21-28(29)38)35-36-32(30)34(39)37(33)18-17-24-9-13-26(40-4)14-10-24/h9-16,20-21,33,38H,5-8,17-19H2,1-4H3,(H,35,36). The highest BCUT2D eigenvalue weighted by Gasteiger charge is 2.42.